The largest absolute Gasteiger partial charge is 0.481 e. The van der Waals surface area contributed by atoms with Gasteiger partial charge in [-0.1, -0.05) is 6.07 Å². The van der Waals surface area contributed by atoms with Crippen LogP contribution in [0, 0.1) is 5.82 Å². The number of amides is 1. The number of aromatic nitrogens is 2. The fraction of sp³-hybridized carbons (Fsp3) is 0.231. The zero-order valence-corrected chi connectivity index (χ0v) is 10.6. The van der Waals surface area contributed by atoms with E-state index in [1.165, 1.54) is 18.2 Å². The van der Waals surface area contributed by atoms with Crippen LogP contribution in [0.3, 0.4) is 0 Å². The molecule has 0 saturated carbocycles. The van der Waals surface area contributed by atoms with Crippen LogP contribution >= 0.6 is 0 Å². The second-order valence-corrected chi connectivity index (χ2v) is 4.08. The molecule has 2 aromatic rings. The Hall–Kier alpha value is -2.37. The fourth-order valence-corrected chi connectivity index (χ4v) is 1.51. The van der Waals surface area contributed by atoms with Crippen LogP contribution in [0.5, 0.6) is 5.75 Å². The predicted molar refractivity (Wildman–Crippen MR) is 68.3 cm³/mol. The first-order valence-electron chi connectivity index (χ1n) is 5.77. The van der Waals surface area contributed by atoms with Gasteiger partial charge in [-0.15, -0.1) is 0 Å². The molecule has 1 heterocycles. The first-order valence-corrected chi connectivity index (χ1v) is 5.77. The highest BCUT2D eigenvalue weighted by Crippen LogP contribution is 2.14. The summed E-state index contributed by atoms with van der Waals surface area (Å²) < 4.78 is 19.9. The summed E-state index contributed by atoms with van der Waals surface area (Å²) in [5.74, 6) is 0.00339. The number of anilines is 1. The number of ether oxygens (including phenoxy) is 1. The molecule has 1 aromatic heterocycles. The number of halogens is 1. The maximum Gasteiger partial charge on any atom is 0.266 e. The van der Waals surface area contributed by atoms with Crippen molar-refractivity contribution in [1.82, 2.24) is 9.78 Å². The summed E-state index contributed by atoms with van der Waals surface area (Å²) in [6, 6.07) is 7.32. The number of nitrogens with one attached hydrogen (secondary N) is 1. The lowest BCUT2D eigenvalue weighted by Crippen LogP contribution is -2.30. The number of carbonyl (C=O) groups excluding carboxylic acids is 1. The summed E-state index contributed by atoms with van der Waals surface area (Å²) in [7, 11) is 1.75. The molecule has 5 nitrogen and oxygen atoms in total. The third kappa shape index (κ3) is 3.54. The number of rotatable bonds is 4. The lowest BCUT2D eigenvalue weighted by atomic mass is 10.3. The predicted octanol–water partition coefficient (Wildman–Crippen LogP) is 1.97. The van der Waals surface area contributed by atoms with Gasteiger partial charge < -0.3 is 10.1 Å². The Morgan fingerprint density at radius 3 is 2.89 bits per heavy atom. The zero-order chi connectivity index (χ0) is 13.8. The molecule has 2 rings (SSSR count). The van der Waals surface area contributed by atoms with Crippen molar-refractivity contribution >= 4 is 11.7 Å². The maximum absolute atomic E-state index is 13.0. The molecule has 0 saturated heterocycles. The van der Waals surface area contributed by atoms with E-state index in [1.54, 1.807) is 37.0 Å². The van der Waals surface area contributed by atoms with Crippen LogP contribution in [-0.4, -0.2) is 21.8 Å². The number of carbonyl (C=O) groups is 1. The SMILES string of the molecule is C[C@H](Oc1cccc(F)c1)C(=O)Nc1ccn(C)n1. The molecule has 19 heavy (non-hydrogen) atoms. The Morgan fingerprint density at radius 1 is 1.47 bits per heavy atom. The van der Waals surface area contributed by atoms with E-state index in [2.05, 4.69) is 10.4 Å². The van der Waals surface area contributed by atoms with E-state index in [-0.39, 0.29) is 5.91 Å². The highest BCUT2D eigenvalue weighted by molar-refractivity contribution is 5.93. The average molecular weight is 263 g/mol. The number of benzene rings is 1. The molecule has 1 N–H and O–H groups in total. The summed E-state index contributed by atoms with van der Waals surface area (Å²) in [6.07, 6.45) is 0.970. The second-order valence-electron chi connectivity index (χ2n) is 4.08. The first kappa shape index (κ1) is 13.1. The third-order valence-electron chi connectivity index (χ3n) is 2.44. The molecule has 0 aliphatic rings. The Balaban J connectivity index is 1.96. The number of hydrogen-bond acceptors (Lipinski definition) is 3. The molecule has 0 aliphatic carbocycles. The fourth-order valence-electron chi connectivity index (χ4n) is 1.51. The van der Waals surface area contributed by atoms with E-state index in [1.807, 2.05) is 0 Å². The van der Waals surface area contributed by atoms with Crippen molar-refractivity contribution in [3.63, 3.8) is 0 Å². The van der Waals surface area contributed by atoms with Crippen LogP contribution in [0.25, 0.3) is 0 Å². The van der Waals surface area contributed by atoms with Gasteiger partial charge in [-0.2, -0.15) is 5.10 Å². The van der Waals surface area contributed by atoms with Crippen LogP contribution in [0.1, 0.15) is 6.92 Å². The molecule has 0 spiro atoms. The van der Waals surface area contributed by atoms with Crippen molar-refractivity contribution in [1.29, 1.82) is 0 Å². The Morgan fingerprint density at radius 2 is 2.26 bits per heavy atom. The Kier molecular flexibility index (Phi) is 3.79. The minimum absolute atomic E-state index is 0.309. The van der Waals surface area contributed by atoms with Crippen molar-refractivity contribution < 1.29 is 13.9 Å². The monoisotopic (exact) mass is 263 g/mol. The van der Waals surface area contributed by atoms with Gasteiger partial charge in [0.25, 0.3) is 5.91 Å². The smallest absolute Gasteiger partial charge is 0.266 e. The van der Waals surface area contributed by atoms with Gasteiger partial charge >= 0.3 is 0 Å². The molecule has 6 heteroatoms. The van der Waals surface area contributed by atoms with Crippen LogP contribution in [0.2, 0.25) is 0 Å². The molecular formula is C13H14FN3O2. The van der Waals surface area contributed by atoms with Crippen LogP contribution < -0.4 is 10.1 Å². The minimum Gasteiger partial charge on any atom is -0.481 e. The lowest BCUT2D eigenvalue weighted by molar-refractivity contribution is -0.122. The summed E-state index contributed by atoms with van der Waals surface area (Å²) in [5, 5.41) is 6.63. The number of hydrogen-bond donors (Lipinski definition) is 1. The molecule has 0 fully saturated rings. The summed E-state index contributed by atoms with van der Waals surface area (Å²) in [4.78, 5) is 11.8. The highest BCUT2D eigenvalue weighted by Gasteiger charge is 2.15. The highest BCUT2D eigenvalue weighted by atomic mass is 19.1. The zero-order valence-electron chi connectivity index (χ0n) is 10.6. The quantitative estimate of drug-likeness (QED) is 0.917. The molecule has 1 atom stereocenters. The summed E-state index contributed by atoms with van der Waals surface area (Å²) in [6.45, 7) is 1.59. The van der Waals surface area contributed by atoms with E-state index in [0.717, 1.165) is 0 Å². The molecule has 0 aliphatic heterocycles. The third-order valence-corrected chi connectivity index (χ3v) is 2.44. The number of nitrogens with zero attached hydrogens (tertiary/aromatic N) is 2. The van der Waals surface area contributed by atoms with Gasteiger partial charge in [0.2, 0.25) is 0 Å². The van der Waals surface area contributed by atoms with E-state index in [4.69, 9.17) is 4.74 Å². The number of aryl methyl sites for hydroxylation is 1. The minimum atomic E-state index is -0.746. The van der Waals surface area contributed by atoms with E-state index >= 15 is 0 Å². The van der Waals surface area contributed by atoms with Gasteiger partial charge in [-0.05, 0) is 19.1 Å². The normalized spacial score (nSPS) is 11.9. The molecule has 0 radical (unpaired) electrons. The van der Waals surface area contributed by atoms with Crippen molar-refractivity contribution in [2.45, 2.75) is 13.0 Å². The van der Waals surface area contributed by atoms with E-state index < -0.39 is 11.9 Å². The summed E-state index contributed by atoms with van der Waals surface area (Å²) >= 11 is 0. The van der Waals surface area contributed by atoms with E-state index in [0.29, 0.717) is 11.6 Å². The lowest BCUT2D eigenvalue weighted by Gasteiger charge is -2.13. The van der Waals surface area contributed by atoms with Gasteiger partial charge in [-0.25, -0.2) is 4.39 Å². The van der Waals surface area contributed by atoms with Crippen LogP contribution in [0.4, 0.5) is 10.2 Å². The standard InChI is InChI=1S/C13H14FN3O2/c1-9(19-11-5-3-4-10(14)8-11)13(18)15-12-6-7-17(2)16-12/h3-9H,1-2H3,(H,15,16,18)/t9-/m0/s1. The molecule has 1 aromatic carbocycles. The molecule has 0 unspecified atom stereocenters. The molecule has 0 bridgehead atoms. The molecular weight excluding hydrogens is 249 g/mol. The first-order chi connectivity index (χ1) is 9.04. The van der Waals surface area contributed by atoms with E-state index in [9.17, 15) is 9.18 Å². The topological polar surface area (TPSA) is 56.1 Å². The van der Waals surface area contributed by atoms with Crippen molar-refractivity contribution in [2.24, 2.45) is 7.05 Å². The Labute approximate surface area is 110 Å². The van der Waals surface area contributed by atoms with Crippen molar-refractivity contribution in [2.75, 3.05) is 5.32 Å². The van der Waals surface area contributed by atoms with Crippen molar-refractivity contribution in [3.8, 4) is 5.75 Å². The van der Waals surface area contributed by atoms with Crippen molar-refractivity contribution in [3.05, 3.63) is 42.3 Å². The van der Waals surface area contributed by atoms with Gasteiger partial charge in [0.05, 0.1) is 0 Å². The van der Waals surface area contributed by atoms with Crippen LogP contribution in [0.15, 0.2) is 36.5 Å². The van der Waals surface area contributed by atoms with Gasteiger partial charge in [0.15, 0.2) is 11.9 Å². The second kappa shape index (κ2) is 5.51. The van der Waals surface area contributed by atoms with Crippen LogP contribution in [-0.2, 0) is 11.8 Å². The van der Waals surface area contributed by atoms with Gasteiger partial charge in [0.1, 0.15) is 11.6 Å². The van der Waals surface area contributed by atoms with Gasteiger partial charge in [-0.3, -0.25) is 9.48 Å². The molecule has 1 amide bonds. The maximum atomic E-state index is 13.0. The van der Waals surface area contributed by atoms with Gasteiger partial charge in [0, 0.05) is 25.4 Å². The average Bonchev–Trinajstić information content (AvgIpc) is 2.74. The Bertz CT molecular complexity index is 583. The summed E-state index contributed by atoms with van der Waals surface area (Å²) in [5.41, 5.74) is 0. The molecule has 100 valence electrons.